The van der Waals surface area contributed by atoms with Crippen molar-refractivity contribution in [1.82, 2.24) is 5.32 Å². The molecule has 0 unspecified atom stereocenters. The number of rotatable bonds is 9. The van der Waals surface area contributed by atoms with E-state index in [1.54, 1.807) is 30.3 Å². The van der Waals surface area contributed by atoms with Crippen molar-refractivity contribution in [1.29, 1.82) is 0 Å². The van der Waals surface area contributed by atoms with Gasteiger partial charge in [-0.25, -0.2) is 0 Å². The maximum Gasteiger partial charge on any atom is 0.287 e. The standard InChI is InChI=1S/C27H28N2O6/c1-4-18-6-5-7-20(12-18)33-15-23(30)19-8-10-24-22(13-19)29(26(31)16-34-24)14-21-9-11-25(35-21)27(32)28-17(2)3/h5-13,17H,4,14-16H2,1-3H3,(H,28,32). The second-order valence-electron chi connectivity index (χ2n) is 8.56. The number of benzene rings is 2. The molecule has 8 heteroatoms. The van der Waals surface area contributed by atoms with E-state index >= 15 is 0 Å². The van der Waals surface area contributed by atoms with Crippen LogP contribution in [0.15, 0.2) is 59.0 Å². The van der Waals surface area contributed by atoms with Crippen LogP contribution in [-0.4, -0.2) is 36.9 Å². The zero-order valence-electron chi connectivity index (χ0n) is 20.0. The fourth-order valence-electron chi connectivity index (χ4n) is 3.71. The second kappa shape index (κ2) is 10.5. The van der Waals surface area contributed by atoms with Gasteiger partial charge in [-0.3, -0.25) is 19.3 Å². The van der Waals surface area contributed by atoms with Crippen LogP contribution in [0.1, 0.15) is 53.0 Å². The van der Waals surface area contributed by atoms with Gasteiger partial charge < -0.3 is 19.2 Å². The van der Waals surface area contributed by atoms with Crippen LogP contribution in [0.5, 0.6) is 11.5 Å². The molecule has 1 N–H and O–H groups in total. The monoisotopic (exact) mass is 476 g/mol. The van der Waals surface area contributed by atoms with Crippen molar-refractivity contribution in [2.45, 2.75) is 39.8 Å². The number of amides is 2. The van der Waals surface area contributed by atoms with Crippen LogP contribution in [0.4, 0.5) is 5.69 Å². The summed E-state index contributed by atoms with van der Waals surface area (Å²) in [4.78, 5) is 39.2. The number of nitrogens with zero attached hydrogens (tertiary/aromatic N) is 1. The predicted molar refractivity (Wildman–Crippen MR) is 130 cm³/mol. The number of carbonyl (C=O) groups excluding carboxylic acids is 3. The number of hydrogen-bond donors (Lipinski definition) is 1. The molecule has 0 bridgehead atoms. The fraction of sp³-hybridized carbons (Fsp3) is 0.296. The van der Waals surface area contributed by atoms with E-state index in [1.807, 2.05) is 38.1 Å². The largest absolute Gasteiger partial charge is 0.485 e. The minimum absolute atomic E-state index is 0.0285. The van der Waals surface area contributed by atoms with Gasteiger partial charge in [0.1, 0.15) is 17.3 Å². The molecule has 2 aromatic carbocycles. The highest BCUT2D eigenvalue weighted by atomic mass is 16.5. The number of hydrogen-bond acceptors (Lipinski definition) is 6. The van der Waals surface area contributed by atoms with Crippen LogP contribution in [-0.2, 0) is 17.8 Å². The van der Waals surface area contributed by atoms with E-state index < -0.39 is 0 Å². The van der Waals surface area contributed by atoms with Gasteiger partial charge in [-0.15, -0.1) is 0 Å². The zero-order valence-corrected chi connectivity index (χ0v) is 20.0. The van der Waals surface area contributed by atoms with Gasteiger partial charge in [0.05, 0.1) is 12.2 Å². The third-order valence-corrected chi connectivity index (χ3v) is 5.52. The highest BCUT2D eigenvalue weighted by Crippen LogP contribution is 2.34. The number of fused-ring (bicyclic) bond motifs is 1. The molecule has 0 spiro atoms. The van der Waals surface area contributed by atoms with Gasteiger partial charge in [0.2, 0.25) is 0 Å². The molecule has 1 aliphatic heterocycles. The molecule has 0 fully saturated rings. The van der Waals surface area contributed by atoms with Crippen molar-refractivity contribution in [3.63, 3.8) is 0 Å². The highest BCUT2D eigenvalue weighted by Gasteiger charge is 2.28. The number of furan rings is 1. The van der Waals surface area contributed by atoms with Gasteiger partial charge in [-0.05, 0) is 68.3 Å². The molecule has 2 heterocycles. The predicted octanol–water partition coefficient (Wildman–Crippen LogP) is 4.17. The molecule has 2 amide bonds. The van der Waals surface area contributed by atoms with Crippen LogP contribution >= 0.6 is 0 Å². The molecule has 8 nitrogen and oxygen atoms in total. The summed E-state index contributed by atoms with van der Waals surface area (Å²) >= 11 is 0. The molecule has 0 saturated heterocycles. The Hall–Kier alpha value is -4.07. The van der Waals surface area contributed by atoms with Crippen LogP contribution in [0.25, 0.3) is 0 Å². The summed E-state index contributed by atoms with van der Waals surface area (Å²) in [6.45, 7) is 5.61. The lowest BCUT2D eigenvalue weighted by Crippen LogP contribution is -2.38. The van der Waals surface area contributed by atoms with Gasteiger partial charge in [0, 0.05) is 11.6 Å². The van der Waals surface area contributed by atoms with Crippen LogP contribution < -0.4 is 19.7 Å². The number of carbonyl (C=O) groups is 3. The Labute approximate surface area is 203 Å². The summed E-state index contributed by atoms with van der Waals surface area (Å²) in [5, 5.41) is 2.77. The quantitative estimate of drug-likeness (QED) is 0.466. The van der Waals surface area contributed by atoms with Crippen LogP contribution in [0.2, 0.25) is 0 Å². The maximum atomic E-state index is 12.8. The number of Topliss-reactive ketones (excluding diaryl/α,β-unsaturated/α-hetero) is 1. The minimum Gasteiger partial charge on any atom is -0.485 e. The molecular weight excluding hydrogens is 448 g/mol. The molecule has 0 atom stereocenters. The molecule has 35 heavy (non-hydrogen) atoms. The molecule has 0 aliphatic carbocycles. The minimum atomic E-state index is -0.322. The summed E-state index contributed by atoms with van der Waals surface area (Å²) in [6, 6.07) is 15.8. The summed E-state index contributed by atoms with van der Waals surface area (Å²) in [5.74, 6) is 0.904. The lowest BCUT2D eigenvalue weighted by atomic mass is 10.1. The third-order valence-electron chi connectivity index (χ3n) is 5.52. The smallest absolute Gasteiger partial charge is 0.287 e. The Kier molecular flexibility index (Phi) is 7.19. The van der Waals surface area contributed by atoms with E-state index in [-0.39, 0.29) is 49.2 Å². The van der Waals surface area contributed by atoms with Gasteiger partial charge in [0.25, 0.3) is 11.8 Å². The Morgan fingerprint density at radius 2 is 1.94 bits per heavy atom. The Balaban J connectivity index is 1.49. The summed E-state index contributed by atoms with van der Waals surface area (Å²) in [5.41, 5.74) is 1.98. The van der Waals surface area contributed by atoms with E-state index in [9.17, 15) is 14.4 Å². The first-order valence-corrected chi connectivity index (χ1v) is 11.6. The van der Waals surface area contributed by atoms with Crippen molar-refractivity contribution in [2.75, 3.05) is 18.1 Å². The Morgan fingerprint density at radius 1 is 1.11 bits per heavy atom. The molecule has 0 radical (unpaired) electrons. The van der Waals surface area contributed by atoms with Crippen molar-refractivity contribution < 1.29 is 28.3 Å². The first kappa shape index (κ1) is 24.1. The van der Waals surface area contributed by atoms with Crippen LogP contribution in [0.3, 0.4) is 0 Å². The Bertz CT molecular complexity index is 1250. The molecule has 4 rings (SSSR count). The first-order chi connectivity index (χ1) is 16.8. The molecule has 1 aliphatic rings. The Morgan fingerprint density at radius 3 is 2.71 bits per heavy atom. The van der Waals surface area contributed by atoms with Crippen molar-refractivity contribution >= 4 is 23.3 Å². The SMILES string of the molecule is CCc1cccc(OCC(=O)c2ccc3c(c2)N(Cc2ccc(C(=O)NC(C)C)o2)C(=O)CO3)c1. The summed E-state index contributed by atoms with van der Waals surface area (Å²) < 4.78 is 16.9. The van der Waals surface area contributed by atoms with Gasteiger partial charge in [0.15, 0.2) is 24.8 Å². The summed E-state index contributed by atoms with van der Waals surface area (Å²) in [7, 11) is 0. The molecule has 0 saturated carbocycles. The third kappa shape index (κ3) is 5.71. The topological polar surface area (TPSA) is 98.1 Å². The average Bonchev–Trinajstić information content (AvgIpc) is 3.32. The zero-order chi connectivity index (χ0) is 24.9. The van der Waals surface area contributed by atoms with Gasteiger partial charge >= 0.3 is 0 Å². The van der Waals surface area contributed by atoms with Crippen molar-refractivity contribution in [3.8, 4) is 11.5 Å². The second-order valence-corrected chi connectivity index (χ2v) is 8.56. The fourth-order valence-corrected chi connectivity index (χ4v) is 3.71. The van der Waals surface area contributed by atoms with Crippen LogP contribution in [0, 0.1) is 0 Å². The van der Waals surface area contributed by atoms with Gasteiger partial charge in [-0.1, -0.05) is 19.1 Å². The highest BCUT2D eigenvalue weighted by molar-refractivity contribution is 6.02. The first-order valence-electron chi connectivity index (χ1n) is 11.6. The van der Waals surface area contributed by atoms with Gasteiger partial charge in [-0.2, -0.15) is 0 Å². The normalized spacial score (nSPS) is 12.8. The van der Waals surface area contributed by atoms with E-state index in [0.29, 0.717) is 28.5 Å². The number of anilines is 1. The lowest BCUT2D eigenvalue weighted by Gasteiger charge is -2.29. The average molecular weight is 477 g/mol. The van der Waals surface area contributed by atoms with Crippen molar-refractivity contribution in [2.24, 2.45) is 0 Å². The molecular formula is C27H28N2O6. The van der Waals surface area contributed by atoms with E-state index in [1.165, 1.54) is 4.90 Å². The maximum absolute atomic E-state index is 12.8. The molecule has 1 aromatic heterocycles. The lowest BCUT2D eigenvalue weighted by molar-refractivity contribution is -0.121. The van der Waals surface area contributed by atoms with Crippen molar-refractivity contribution in [3.05, 3.63) is 77.2 Å². The number of ketones is 1. The summed E-state index contributed by atoms with van der Waals surface area (Å²) in [6.07, 6.45) is 0.874. The molecule has 182 valence electrons. The number of aryl methyl sites for hydroxylation is 1. The van der Waals surface area contributed by atoms with E-state index in [4.69, 9.17) is 13.9 Å². The molecule has 3 aromatic rings. The van der Waals surface area contributed by atoms with E-state index in [0.717, 1.165) is 12.0 Å². The number of nitrogens with one attached hydrogen (secondary N) is 1. The number of ether oxygens (including phenoxy) is 2. The van der Waals surface area contributed by atoms with E-state index in [2.05, 4.69) is 12.2 Å².